The number of ether oxygens (including phenoxy) is 1. The van der Waals surface area contributed by atoms with Crippen LogP contribution in [0.2, 0.25) is 0 Å². The van der Waals surface area contributed by atoms with E-state index in [4.69, 9.17) is 0 Å². The number of imide groups is 1. The maximum atomic E-state index is 12.1. The number of halogens is 1. The number of hydrogen-bond donors (Lipinski definition) is 0. The van der Waals surface area contributed by atoms with Crippen molar-refractivity contribution < 1.29 is 19.1 Å². The highest BCUT2D eigenvalue weighted by Crippen LogP contribution is 2.29. The highest BCUT2D eigenvalue weighted by atomic mass is 79.9. The molecular formula is C15H16BrNO4. The summed E-state index contributed by atoms with van der Waals surface area (Å²) in [6.07, 6.45) is 0. The lowest BCUT2D eigenvalue weighted by molar-refractivity contribution is -0.140. The summed E-state index contributed by atoms with van der Waals surface area (Å²) < 4.78 is 5.31. The highest BCUT2D eigenvalue weighted by Gasteiger charge is 2.42. The predicted molar refractivity (Wildman–Crippen MR) is 79.4 cm³/mol. The Hall–Kier alpha value is -1.69. The first-order valence-electron chi connectivity index (χ1n) is 6.58. The van der Waals surface area contributed by atoms with Crippen LogP contribution in [0.1, 0.15) is 29.8 Å². The van der Waals surface area contributed by atoms with E-state index in [1.165, 1.54) is 12.0 Å². The fourth-order valence-corrected chi connectivity index (χ4v) is 2.78. The molecule has 1 fully saturated rings. The molecule has 2 amide bonds. The van der Waals surface area contributed by atoms with Gasteiger partial charge in [0.2, 0.25) is 11.8 Å². The fraction of sp³-hybridized carbons (Fsp3) is 0.400. The molecule has 1 heterocycles. The van der Waals surface area contributed by atoms with Crippen molar-refractivity contribution in [1.29, 1.82) is 0 Å². The van der Waals surface area contributed by atoms with Gasteiger partial charge in [-0.05, 0) is 17.7 Å². The summed E-state index contributed by atoms with van der Waals surface area (Å²) in [4.78, 5) is 36.9. The van der Waals surface area contributed by atoms with Gasteiger partial charge in [-0.2, -0.15) is 0 Å². The van der Waals surface area contributed by atoms with Crippen LogP contribution in [0.15, 0.2) is 22.7 Å². The first-order chi connectivity index (χ1) is 9.86. The maximum absolute atomic E-state index is 12.1. The minimum atomic E-state index is -0.433. The van der Waals surface area contributed by atoms with Crippen LogP contribution in [0.25, 0.3) is 0 Å². The molecule has 0 aliphatic carbocycles. The number of nitrogens with zero attached hydrogens (tertiary/aromatic N) is 1. The van der Waals surface area contributed by atoms with Crippen LogP contribution in [-0.2, 0) is 20.9 Å². The number of methoxy groups -OCH3 is 1. The molecule has 2 rings (SSSR count). The predicted octanol–water partition coefficient (Wildman–Crippen LogP) is 2.38. The van der Waals surface area contributed by atoms with E-state index in [1.54, 1.807) is 32.0 Å². The third-order valence-electron chi connectivity index (χ3n) is 3.86. The molecule has 0 N–H and O–H groups in total. The largest absolute Gasteiger partial charge is 0.465 e. The molecule has 0 bridgehead atoms. The van der Waals surface area contributed by atoms with Crippen molar-refractivity contribution in [3.05, 3.63) is 33.8 Å². The fourth-order valence-electron chi connectivity index (χ4n) is 2.27. The monoisotopic (exact) mass is 353 g/mol. The zero-order chi connectivity index (χ0) is 15.7. The Morgan fingerprint density at radius 1 is 1.24 bits per heavy atom. The first-order valence-corrected chi connectivity index (χ1v) is 7.38. The molecule has 1 aromatic carbocycles. The van der Waals surface area contributed by atoms with Gasteiger partial charge < -0.3 is 4.74 Å². The van der Waals surface area contributed by atoms with Gasteiger partial charge in [0.05, 0.1) is 19.2 Å². The van der Waals surface area contributed by atoms with Crippen molar-refractivity contribution in [1.82, 2.24) is 4.90 Å². The van der Waals surface area contributed by atoms with Crippen LogP contribution in [0.4, 0.5) is 0 Å². The second-order valence-electron chi connectivity index (χ2n) is 5.14. The van der Waals surface area contributed by atoms with Crippen LogP contribution in [0.5, 0.6) is 0 Å². The molecular weight excluding hydrogens is 338 g/mol. The lowest BCUT2D eigenvalue weighted by Gasteiger charge is -2.16. The molecule has 0 spiro atoms. The molecule has 0 aromatic heterocycles. The second-order valence-corrected chi connectivity index (χ2v) is 5.99. The summed E-state index contributed by atoms with van der Waals surface area (Å²) in [5.74, 6) is -1.32. The summed E-state index contributed by atoms with van der Waals surface area (Å²) in [7, 11) is 1.31. The molecule has 1 aliphatic heterocycles. The summed E-state index contributed by atoms with van der Waals surface area (Å²) in [5.41, 5.74) is 1.18. The zero-order valence-electron chi connectivity index (χ0n) is 12.1. The summed E-state index contributed by atoms with van der Waals surface area (Å²) in [5, 5.41) is 0. The van der Waals surface area contributed by atoms with Crippen LogP contribution in [0.3, 0.4) is 0 Å². The number of carbonyl (C=O) groups is 3. The van der Waals surface area contributed by atoms with E-state index in [0.29, 0.717) is 10.0 Å². The number of amides is 2. The van der Waals surface area contributed by atoms with Crippen LogP contribution < -0.4 is 0 Å². The van der Waals surface area contributed by atoms with Gasteiger partial charge in [-0.25, -0.2) is 4.79 Å². The number of carbonyl (C=O) groups excluding carboxylic acids is 3. The smallest absolute Gasteiger partial charge is 0.337 e. The summed E-state index contributed by atoms with van der Waals surface area (Å²) >= 11 is 3.36. The molecule has 112 valence electrons. The molecule has 2 atom stereocenters. The molecule has 2 unspecified atom stereocenters. The van der Waals surface area contributed by atoms with Gasteiger partial charge in [-0.3, -0.25) is 14.5 Å². The van der Waals surface area contributed by atoms with Crippen molar-refractivity contribution in [2.24, 2.45) is 11.8 Å². The highest BCUT2D eigenvalue weighted by molar-refractivity contribution is 9.10. The van der Waals surface area contributed by atoms with Gasteiger partial charge in [0.15, 0.2) is 0 Å². The van der Waals surface area contributed by atoms with Crippen molar-refractivity contribution in [3.63, 3.8) is 0 Å². The number of rotatable bonds is 3. The molecule has 1 aromatic rings. The quantitative estimate of drug-likeness (QED) is 0.618. The molecule has 0 saturated carbocycles. The lowest BCUT2D eigenvalue weighted by Crippen LogP contribution is -2.30. The Labute approximate surface area is 131 Å². The van der Waals surface area contributed by atoms with Gasteiger partial charge in [0.1, 0.15) is 0 Å². The third kappa shape index (κ3) is 2.85. The SMILES string of the molecule is COC(=O)c1ccc(CN2C(=O)C(C)C(C)C2=O)c(Br)c1. The minimum Gasteiger partial charge on any atom is -0.465 e. The van der Waals surface area contributed by atoms with Crippen molar-refractivity contribution in [3.8, 4) is 0 Å². The van der Waals surface area contributed by atoms with E-state index >= 15 is 0 Å². The van der Waals surface area contributed by atoms with E-state index in [9.17, 15) is 14.4 Å². The number of likely N-dealkylation sites (tertiary alicyclic amines) is 1. The Bertz CT molecular complexity index is 594. The summed E-state index contributed by atoms with van der Waals surface area (Å²) in [6, 6.07) is 4.95. The van der Waals surface area contributed by atoms with Crippen LogP contribution >= 0.6 is 15.9 Å². The van der Waals surface area contributed by atoms with Gasteiger partial charge >= 0.3 is 5.97 Å². The Morgan fingerprint density at radius 2 is 1.81 bits per heavy atom. The van der Waals surface area contributed by atoms with E-state index < -0.39 is 5.97 Å². The third-order valence-corrected chi connectivity index (χ3v) is 4.60. The average molecular weight is 354 g/mol. The lowest BCUT2D eigenvalue weighted by atomic mass is 10.00. The standard InChI is InChI=1S/C15H16BrNO4/c1-8-9(2)14(19)17(13(8)18)7-11-5-4-10(6-12(11)16)15(20)21-3/h4-6,8-9H,7H2,1-3H3. The normalized spacial score (nSPS) is 21.8. The van der Waals surface area contributed by atoms with Gasteiger partial charge in [0, 0.05) is 16.3 Å². The van der Waals surface area contributed by atoms with E-state index in [0.717, 1.165) is 5.56 Å². The van der Waals surface area contributed by atoms with Crippen molar-refractivity contribution >= 4 is 33.7 Å². The summed E-state index contributed by atoms with van der Waals surface area (Å²) in [6.45, 7) is 3.73. The van der Waals surface area contributed by atoms with Gasteiger partial charge in [-0.15, -0.1) is 0 Å². The Balaban J connectivity index is 2.23. The molecule has 1 saturated heterocycles. The average Bonchev–Trinajstić information content (AvgIpc) is 2.66. The topological polar surface area (TPSA) is 63.7 Å². The second kappa shape index (κ2) is 5.97. The number of hydrogen-bond acceptors (Lipinski definition) is 4. The van der Waals surface area contributed by atoms with Gasteiger partial charge in [0.25, 0.3) is 0 Å². The van der Waals surface area contributed by atoms with Crippen LogP contribution in [0, 0.1) is 11.8 Å². The van der Waals surface area contributed by atoms with Crippen molar-refractivity contribution in [2.45, 2.75) is 20.4 Å². The van der Waals surface area contributed by atoms with E-state index in [-0.39, 0.29) is 30.2 Å². The number of benzene rings is 1. The van der Waals surface area contributed by atoms with Crippen LogP contribution in [-0.4, -0.2) is 29.8 Å². The minimum absolute atomic E-state index is 0.156. The molecule has 1 aliphatic rings. The Kier molecular flexibility index (Phi) is 4.46. The zero-order valence-corrected chi connectivity index (χ0v) is 13.6. The van der Waals surface area contributed by atoms with Crippen molar-refractivity contribution in [2.75, 3.05) is 7.11 Å². The number of esters is 1. The molecule has 0 radical (unpaired) electrons. The first kappa shape index (κ1) is 15.7. The molecule has 5 nitrogen and oxygen atoms in total. The van der Waals surface area contributed by atoms with E-state index in [1.807, 2.05) is 0 Å². The van der Waals surface area contributed by atoms with Gasteiger partial charge in [-0.1, -0.05) is 35.8 Å². The molecule has 21 heavy (non-hydrogen) atoms. The molecule has 6 heteroatoms. The Morgan fingerprint density at radius 3 is 2.29 bits per heavy atom. The maximum Gasteiger partial charge on any atom is 0.337 e. The van der Waals surface area contributed by atoms with E-state index in [2.05, 4.69) is 20.7 Å².